The van der Waals surface area contributed by atoms with E-state index in [4.69, 9.17) is 20.1 Å². The van der Waals surface area contributed by atoms with Crippen molar-refractivity contribution < 1.29 is 14.2 Å². The number of rotatable bonds is 8. The number of nitrogens with two attached hydrogens (primary N) is 1. The first-order valence-electron chi connectivity index (χ1n) is 6.64. The van der Waals surface area contributed by atoms with Gasteiger partial charge in [0, 0.05) is 25.7 Å². The van der Waals surface area contributed by atoms with Gasteiger partial charge in [0.15, 0.2) is 0 Å². The molecule has 0 radical (unpaired) electrons. The molecule has 0 amide bonds. The maximum Gasteiger partial charge on any atom is 0.127 e. The van der Waals surface area contributed by atoms with Gasteiger partial charge in [-0.1, -0.05) is 18.2 Å². The van der Waals surface area contributed by atoms with Crippen molar-refractivity contribution in [3.63, 3.8) is 0 Å². The summed E-state index contributed by atoms with van der Waals surface area (Å²) >= 11 is 0. The van der Waals surface area contributed by atoms with Gasteiger partial charge < -0.3 is 14.2 Å². The molecular formula is C14H22N2O3. The maximum absolute atomic E-state index is 5.70. The van der Waals surface area contributed by atoms with Gasteiger partial charge >= 0.3 is 0 Å². The van der Waals surface area contributed by atoms with Crippen molar-refractivity contribution in [3.05, 3.63) is 29.3 Å². The molecule has 3 N–H and O–H groups in total. The molecule has 1 aliphatic heterocycles. The Balaban J connectivity index is 1.92. The Bertz CT molecular complexity index is 398. The average Bonchev–Trinajstić information content (AvgIpc) is 2.91. The van der Waals surface area contributed by atoms with E-state index in [0.29, 0.717) is 19.8 Å². The van der Waals surface area contributed by atoms with Gasteiger partial charge in [0.2, 0.25) is 0 Å². The number of nitrogens with one attached hydrogen (secondary N) is 1. The molecule has 0 fully saturated rings. The van der Waals surface area contributed by atoms with Crippen LogP contribution in [0.4, 0.5) is 0 Å². The largest absolute Gasteiger partial charge is 0.493 e. The van der Waals surface area contributed by atoms with Gasteiger partial charge in [-0.2, -0.15) is 0 Å². The fraction of sp³-hybridized carbons (Fsp3) is 0.571. The second-order valence-corrected chi connectivity index (χ2v) is 4.55. The monoisotopic (exact) mass is 266 g/mol. The number of ether oxygens (including phenoxy) is 3. The molecule has 2 rings (SSSR count). The highest BCUT2D eigenvalue weighted by molar-refractivity contribution is 5.45. The van der Waals surface area contributed by atoms with Crippen molar-refractivity contribution in [1.82, 2.24) is 5.43 Å². The first-order chi connectivity index (χ1) is 9.36. The van der Waals surface area contributed by atoms with Gasteiger partial charge in [-0.05, 0) is 12.0 Å². The number of methoxy groups -OCH3 is 1. The summed E-state index contributed by atoms with van der Waals surface area (Å²) < 4.78 is 16.1. The molecular weight excluding hydrogens is 244 g/mol. The van der Waals surface area contributed by atoms with Crippen molar-refractivity contribution in [3.8, 4) is 5.75 Å². The van der Waals surface area contributed by atoms with Gasteiger partial charge in [-0.15, -0.1) is 0 Å². The molecule has 1 unspecified atom stereocenters. The minimum atomic E-state index is 0.0515. The van der Waals surface area contributed by atoms with Crippen LogP contribution in [0.1, 0.15) is 23.6 Å². The summed E-state index contributed by atoms with van der Waals surface area (Å²) in [6.07, 6.45) is 1.78. The van der Waals surface area contributed by atoms with Gasteiger partial charge in [0.1, 0.15) is 5.75 Å². The average molecular weight is 266 g/mol. The molecule has 1 aliphatic rings. The van der Waals surface area contributed by atoms with Crippen LogP contribution in [0.25, 0.3) is 0 Å². The first kappa shape index (κ1) is 14.3. The zero-order valence-electron chi connectivity index (χ0n) is 11.4. The van der Waals surface area contributed by atoms with Crippen LogP contribution in [0.2, 0.25) is 0 Å². The van der Waals surface area contributed by atoms with E-state index in [2.05, 4.69) is 23.6 Å². The summed E-state index contributed by atoms with van der Waals surface area (Å²) in [5, 5.41) is 0. The Labute approximate surface area is 114 Å². The van der Waals surface area contributed by atoms with Crippen molar-refractivity contribution in [2.75, 3.05) is 33.5 Å². The Hall–Kier alpha value is -1.14. The van der Waals surface area contributed by atoms with E-state index in [9.17, 15) is 0 Å². The lowest BCUT2D eigenvalue weighted by Crippen LogP contribution is -2.29. The van der Waals surface area contributed by atoms with Crippen LogP contribution >= 0.6 is 0 Å². The van der Waals surface area contributed by atoms with Crippen molar-refractivity contribution >= 4 is 0 Å². The molecule has 0 aliphatic carbocycles. The quantitative estimate of drug-likeness (QED) is 0.420. The molecule has 0 bridgehead atoms. The maximum atomic E-state index is 5.70. The second-order valence-electron chi connectivity index (χ2n) is 4.55. The molecule has 106 valence electrons. The van der Waals surface area contributed by atoms with Gasteiger partial charge in [0.05, 0.1) is 25.9 Å². The molecule has 1 aromatic carbocycles. The summed E-state index contributed by atoms with van der Waals surface area (Å²) in [6, 6.07) is 6.27. The van der Waals surface area contributed by atoms with Crippen LogP contribution in [0.15, 0.2) is 18.2 Å². The number of hydrogen-bond donors (Lipinski definition) is 2. The highest BCUT2D eigenvalue weighted by atomic mass is 16.5. The molecule has 1 atom stereocenters. The third-order valence-corrected chi connectivity index (χ3v) is 3.30. The van der Waals surface area contributed by atoms with Gasteiger partial charge in [0.25, 0.3) is 0 Å². The number of fused-ring (bicyclic) bond motifs is 1. The molecule has 0 saturated carbocycles. The Morgan fingerprint density at radius 2 is 2.26 bits per heavy atom. The lowest BCUT2D eigenvalue weighted by atomic mass is 10.0. The van der Waals surface area contributed by atoms with E-state index >= 15 is 0 Å². The lowest BCUT2D eigenvalue weighted by Gasteiger charge is -2.19. The van der Waals surface area contributed by atoms with Crippen LogP contribution in [-0.4, -0.2) is 33.5 Å². The minimum Gasteiger partial charge on any atom is -0.493 e. The number of para-hydroxylation sites is 1. The molecule has 5 nitrogen and oxygen atoms in total. The predicted octanol–water partition coefficient (Wildman–Crippen LogP) is 1.18. The molecule has 0 aromatic heterocycles. The summed E-state index contributed by atoms with van der Waals surface area (Å²) in [5.74, 6) is 6.64. The van der Waals surface area contributed by atoms with Crippen molar-refractivity contribution in [2.45, 2.75) is 18.9 Å². The zero-order valence-corrected chi connectivity index (χ0v) is 11.4. The van der Waals surface area contributed by atoms with Crippen LogP contribution < -0.4 is 16.0 Å². The summed E-state index contributed by atoms with van der Waals surface area (Å²) in [5.41, 5.74) is 5.23. The Morgan fingerprint density at radius 3 is 3.05 bits per heavy atom. The SMILES string of the molecule is COCCOCCC(NN)c1cccc2c1OCC2. The Kier molecular flexibility index (Phi) is 5.60. The Morgan fingerprint density at radius 1 is 1.37 bits per heavy atom. The van der Waals surface area contributed by atoms with Crippen molar-refractivity contribution in [1.29, 1.82) is 0 Å². The summed E-state index contributed by atoms with van der Waals surface area (Å²) in [6.45, 7) is 2.62. The fourth-order valence-electron chi connectivity index (χ4n) is 2.29. The van der Waals surface area contributed by atoms with E-state index in [1.54, 1.807) is 7.11 Å². The number of hydrazine groups is 1. The first-order valence-corrected chi connectivity index (χ1v) is 6.64. The highest BCUT2D eigenvalue weighted by Crippen LogP contribution is 2.34. The second kappa shape index (κ2) is 7.45. The van der Waals surface area contributed by atoms with Gasteiger partial charge in [-0.25, -0.2) is 0 Å². The normalized spacial score (nSPS) is 15.1. The molecule has 1 aromatic rings. The zero-order chi connectivity index (χ0) is 13.5. The predicted molar refractivity (Wildman–Crippen MR) is 73.0 cm³/mol. The highest BCUT2D eigenvalue weighted by Gasteiger charge is 2.21. The lowest BCUT2D eigenvalue weighted by molar-refractivity contribution is 0.0656. The third-order valence-electron chi connectivity index (χ3n) is 3.30. The van der Waals surface area contributed by atoms with Crippen LogP contribution in [0.3, 0.4) is 0 Å². The molecule has 5 heteroatoms. The topological polar surface area (TPSA) is 65.7 Å². The van der Waals surface area contributed by atoms with E-state index in [-0.39, 0.29) is 6.04 Å². The van der Waals surface area contributed by atoms with Crippen LogP contribution in [-0.2, 0) is 15.9 Å². The van der Waals surface area contributed by atoms with E-state index in [1.165, 1.54) is 5.56 Å². The number of benzene rings is 1. The fourth-order valence-corrected chi connectivity index (χ4v) is 2.29. The molecule has 0 saturated heterocycles. The molecule has 0 spiro atoms. The minimum absolute atomic E-state index is 0.0515. The standard InChI is InChI=1S/C14H22N2O3/c1-17-9-10-18-7-6-13(16-15)12-4-2-3-11-5-8-19-14(11)12/h2-4,13,16H,5-10,15H2,1H3. The smallest absolute Gasteiger partial charge is 0.127 e. The molecule has 1 heterocycles. The van der Waals surface area contributed by atoms with Crippen LogP contribution in [0.5, 0.6) is 5.75 Å². The summed E-state index contributed by atoms with van der Waals surface area (Å²) in [4.78, 5) is 0. The van der Waals surface area contributed by atoms with E-state index in [0.717, 1.165) is 30.8 Å². The van der Waals surface area contributed by atoms with Crippen LogP contribution in [0, 0.1) is 0 Å². The van der Waals surface area contributed by atoms with Crippen molar-refractivity contribution in [2.24, 2.45) is 5.84 Å². The third kappa shape index (κ3) is 3.67. The van der Waals surface area contributed by atoms with E-state index in [1.807, 2.05) is 0 Å². The number of hydrogen-bond acceptors (Lipinski definition) is 5. The molecule has 19 heavy (non-hydrogen) atoms. The van der Waals surface area contributed by atoms with E-state index < -0.39 is 0 Å². The summed E-state index contributed by atoms with van der Waals surface area (Å²) in [7, 11) is 1.66. The van der Waals surface area contributed by atoms with Gasteiger partial charge in [-0.3, -0.25) is 11.3 Å².